The van der Waals surface area contributed by atoms with Crippen molar-refractivity contribution < 1.29 is 4.79 Å². The molecule has 0 aromatic heterocycles. The average Bonchev–Trinajstić information content (AvgIpc) is 2.91. The SMILES string of the molecule is CC1CCC(C(=O)N2CC3CCC2C3)CN1. The van der Waals surface area contributed by atoms with Crippen molar-refractivity contribution in [3.05, 3.63) is 0 Å². The molecule has 16 heavy (non-hydrogen) atoms. The van der Waals surface area contributed by atoms with E-state index in [4.69, 9.17) is 0 Å². The number of carbonyl (C=O) groups is 1. The normalized spacial score (nSPS) is 42.7. The Labute approximate surface area is 97.6 Å². The predicted molar refractivity (Wildman–Crippen MR) is 63.0 cm³/mol. The minimum absolute atomic E-state index is 0.260. The Kier molecular flexibility index (Phi) is 2.66. The van der Waals surface area contributed by atoms with Gasteiger partial charge in [0.2, 0.25) is 5.91 Å². The second-order valence-corrected chi connectivity index (χ2v) is 5.91. The maximum absolute atomic E-state index is 12.4. The smallest absolute Gasteiger partial charge is 0.227 e. The van der Waals surface area contributed by atoms with Crippen LogP contribution in [-0.2, 0) is 4.79 Å². The molecule has 3 heteroatoms. The standard InChI is InChI=1S/C13H22N2O/c1-9-2-4-11(7-14-9)13(16)15-8-10-3-5-12(15)6-10/h9-12,14H,2-8H2,1H3. The van der Waals surface area contributed by atoms with Crippen molar-refractivity contribution in [2.45, 2.75) is 51.1 Å². The van der Waals surface area contributed by atoms with Gasteiger partial charge in [-0.3, -0.25) is 4.79 Å². The molecule has 2 heterocycles. The highest BCUT2D eigenvalue weighted by Crippen LogP contribution is 2.38. The summed E-state index contributed by atoms with van der Waals surface area (Å²) in [5.74, 6) is 1.52. The van der Waals surface area contributed by atoms with Crippen LogP contribution in [0.15, 0.2) is 0 Å². The minimum Gasteiger partial charge on any atom is -0.339 e. The van der Waals surface area contributed by atoms with Gasteiger partial charge >= 0.3 is 0 Å². The Morgan fingerprint density at radius 2 is 2.12 bits per heavy atom. The molecule has 0 spiro atoms. The summed E-state index contributed by atoms with van der Waals surface area (Å²) in [6, 6.07) is 1.19. The molecule has 2 saturated heterocycles. The van der Waals surface area contributed by atoms with Crippen LogP contribution in [0.4, 0.5) is 0 Å². The second kappa shape index (κ2) is 4.02. The molecule has 2 aliphatic heterocycles. The maximum atomic E-state index is 12.4. The number of rotatable bonds is 1. The largest absolute Gasteiger partial charge is 0.339 e. The zero-order valence-corrected chi connectivity index (χ0v) is 10.1. The van der Waals surface area contributed by atoms with E-state index in [0.717, 1.165) is 31.8 Å². The monoisotopic (exact) mass is 222 g/mol. The molecule has 1 N–H and O–H groups in total. The average molecular weight is 222 g/mol. The lowest BCUT2D eigenvalue weighted by Gasteiger charge is -2.34. The van der Waals surface area contributed by atoms with Crippen molar-refractivity contribution in [1.29, 1.82) is 0 Å². The molecular formula is C13H22N2O. The topological polar surface area (TPSA) is 32.3 Å². The van der Waals surface area contributed by atoms with Crippen LogP contribution in [0.3, 0.4) is 0 Å². The van der Waals surface area contributed by atoms with Crippen LogP contribution in [0.2, 0.25) is 0 Å². The summed E-state index contributed by atoms with van der Waals surface area (Å²) < 4.78 is 0. The van der Waals surface area contributed by atoms with Gasteiger partial charge in [-0.25, -0.2) is 0 Å². The zero-order valence-electron chi connectivity index (χ0n) is 10.1. The van der Waals surface area contributed by atoms with Crippen molar-refractivity contribution in [3.63, 3.8) is 0 Å². The van der Waals surface area contributed by atoms with Gasteiger partial charge < -0.3 is 10.2 Å². The summed E-state index contributed by atoms with van der Waals surface area (Å²) in [7, 11) is 0. The third-order valence-electron chi connectivity index (χ3n) is 4.70. The zero-order chi connectivity index (χ0) is 11.1. The number of hydrogen-bond acceptors (Lipinski definition) is 2. The summed E-state index contributed by atoms with van der Waals surface area (Å²) in [6.07, 6.45) is 6.13. The Bertz CT molecular complexity index is 284. The molecule has 90 valence electrons. The van der Waals surface area contributed by atoms with Crippen molar-refractivity contribution in [3.8, 4) is 0 Å². The summed E-state index contributed by atoms with van der Waals surface area (Å²) in [5.41, 5.74) is 0. The Hall–Kier alpha value is -0.570. The molecule has 1 aliphatic carbocycles. The van der Waals surface area contributed by atoms with Gasteiger partial charge in [0.05, 0.1) is 5.92 Å². The summed E-state index contributed by atoms with van der Waals surface area (Å²) >= 11 is 0. The minimum atomic E-state index is 0.260. The van der Waals surface area contributed by atoms with Crippen molar-refractivity contribution in [2.24, 2.45) is 11.8 Å². The summed E-state index contributed by atoms with van der Waals surface area (Å²) in [6.45, 7) is 4.15. The van der Waals surface area contributed by atoms with E-state index < -0.39 is 0 Å². The van der Waals surface area contributed by atoms with Gasteiger partial charge in [0.1, 0.15) is 0 Å². The van der Waals surface area contributed by atoms with Gasteiger partial charge in [0.15, 0.2) is 0 Å². The Morgan fingerprint density at radius 1 is 1.25 bits per heavy atom. The van der Waals surface area contributed by atoms with Gasteiger partial charge in [-0.1, -0.05) is 0 Å². The third-order valence-corrected chi connectivity index (χ3v) is 4.70. The third kappa shape index (κ3) is 1.75. The molecule has 2 bridgehead atoms. The molecular weight excluding hydrogens is 200 g/mol. The highest BCUT2D eigenvalue weighted by Gasteiger charge is 2.42. The fourth-order valence-corrected chi connectivity index (χ4v) is 3.64. The second-order valence-electron chi connectivity index (χ2n) is 5.91. The summed E-state index contributed by atoms with van der Waals surface area (Å²) in [4.78, 5) is 14.6. The first-order chi connectivity index (χ1) is 7.74. The van der Waals surface area contributed by atoms with E-state index >= 15 is 0 Å². The molecule has 0 aromatic carbocycles. The summed E-state index contributed by atoms with van der Waals surface area (Å²) in [5, 5.41) is 3.43. The van der Waals surface area contributed by atoms with Crippen LogP contribution in [0, 0.1) is 11.8 Å². The van der Waals surface area contributed by atoms with Crippen LogP contribution in [0.5, 0.6) is 0 Å². The van der Waals surface area contributed by atoms with E-state index in [-0.39, 0.29) is 5.92 Å². The van der Waals surface area contributed by atoms with Gasteiger partial charge in [-0.2, -0.15) is 0 Å². The van der Waals surface area contributed by atoms with Crippen LogP contribution in [0.1, 0.15) is 39.0 Å². The number of nitrogens with one attached hydrogen (secondary N) is 1. The van der Waals surface area contributed by atoms with Gasteiger partial charge in [-0.15, -0.1) is 0 Å². The molecule has 1 amide bonds. The number of likely N-dealkylation sites (tertiary alicyclic amines) is 1. The number of fused-ring (bicyclic) bond motifs is 2. The van der Waals surface area contributed by atoms with E-state index in [1.807, 2.05) is 0 Å². The van der Waals surface area contributed by atoms with Gasteiger partial charge in [0, 0.05) is 25.2 Å². The van der Waals surface area contributed by atoms with Crippen LogP contribution >= 0.6 is 0 Å². The first-order valence-corrected chi connectivity index (χ1v) is 6.78. The molecule has 0 radical (unpaired) electrons. The number of nitrogens with zero attached hydrogens (tertiary/aromatic N) is 1. The molecule has 1 saturated carbocycles. The molecule has 4 atom stereocenters. The lowest BCUT2D eigenvalue weighted by atomic mass is 9.93. The number of carbonyl (C=O) groups excluding carboxylic acids is 1. The van der Waals surface area contributed by atoms with Gasteiger partial charge in [-0.05, 0) is 44.9 Å². The lowest BCUT2D eigenvalue weighted by Crippen LogP contribution is -2.47. The molecule has 3 rings (SSSR count). The first-order valence-electron chi connectivity index (χ1n) is 6.78. The quantitative estimate of drug-likeness (QED) is 0.727. The lowest BCUT2D eigenvalue weighted by molar-refractivity contribution is -0.137. The molecule has 4 unspecified atom stereocenters. The molecule has 3 aliphatic rings. The van der Waals surface area contributed by atoms with Crippen LogP contribution in [-0.4, -0.2) is 36.0 Å². The highest BCUT2D eigenvalue weighted by atomic mass is 16.2. The van der Waals surface area contributed by atoms with Crippen molar-refractivity contribution in [1.82, 2.24) is 10.2 Å². The molecule has 3 fully saturated rings. The van der Waals surface area contributed by atoms with E-state index in [9.17, 15) is 4.79 Å². The number of hydrogen-bond donors (Lipinski definition) is 1. The molecule has 3 nitrogen and oxygen atoms in total. The van der Waals surface area contributed by atoms with E-state index in [2.05, 4.69) is 17.1 Å². The van der Waals surface area contributed by atoms with Crippen molar-refractivity contribution in [2.75, 3.05) is 13.1 Å². The van der Waals surface area contributed by atoms with Crippen LogP contribution < -0.4 is 5.32 Å². The maximum Gasteiger partial charge on any atom is 0.227 e. The van der Waals surface area contributed by atoms with Gasteiger partial charge in [0.25, 0.3) is 0 Å². The predicted octanol–water partition coefficient (Wildman–Crippen LogP) is 1.39. The van der Waals surface area contributed by atoms with E-state index in [1.54, 1.807) is 0 Å². The fraction of sp³-hybridized carbons (Fsp3) is 0.923. The van der Waals surface area contributed by atoms with Crippen LogP contribution in [0.25, 0.3) is 0 Å². The Morgan fingerprint density at radius 3 is 2.69 bits per heavy atom. The van der Waals surface area contributed by atoms with E-state index in [0.29, 0.717) is 18.0 Å². The van der Waals surface area contributed by atoms with Crippen molar-refractivity contribution >= 4 is 5.91 Å². The first kappa shape index (κ1) is 10.6. The molecule has 0 aromatic rings. The fourth-order valence-electron chi connectivity index (χ4n) is 3.64. The number of amides is 1. The Balaban J connectivity index is 1.61. The van der Waals surface area contributed by atoms with E-state index in [1.165, 1.54) is 19.3 Å². The highest BCUT2D eigenvalue weighted by molar-refractivity contribution is 5.80. The number of piperidine rings is 2.